The van der Waals surface area contributed by atoms with E-state index in [-0.39, 0.29) is 22.6 Å². The van der Waals surface area contributed by atoms with Gasteiger partial charge >= 0.3 is 0 Å². The number of aryl methyl sites for hydroxylation is 1. The second kappa shape index (κ2) is 10.8. The quantitative estimate of drug-likeness (QED) is 0.615. The summed E-state index contributed by atoms with van der Waals surface area (Å²) in [7, 11) is -3.69. The number of ether oxygens (including phenoxy) is 1. The standard InChI is InChI=1S/C23H35N3O5S/c1-4-18-7-8-20(17-21(18)32(29,30)26-13-15-31-16-14-26)23(28)25-11-9-19(10-12-25)22(27)24(5-2)6-3/h7-8,17,19H,4-6,9-16H2,1-3H3. The number of rotatable bonds is 7. The van der Waals surface area contributed by atoms with E-state index in [0.717, 1.165) is 0 Å². The Labute approximate surface area is 191 Å². The van der Waals surface area contributed by atoms with Gasteiger partial charge in [0.1, 0.15) is 0 Å². The van der Waals surface area contributed by atoms with Gasteiger partial charge in [-0.05, 0) is 50.8 Å². The number of nitrogens with zero attached hydrogens (tertiary/aromatic N) is 3. The van der Waals surface area contributed by atoms with Crippen molar-refractivity contribution in [2.45, 2.75) is 44.9 Å². The van der Waals surface area contributed by atoms with Crippen LogP contribution in [0.25, 0.3) is 0 Å². The molecule has 2 aliphatic heterocycles. The summed E-state index contributed by atoms with van der Waals surface area (Å²) in [5.41, 5.74) is 1.08. The smallest absolute Gasteiger partial charge is 0.253 e. The first kappa shape index (κ1) is 24.7. The number of sulfonamides is 1. The summed E-state index contributed by atoms with van der Waals surface area (Å²) in [5, 5.41) is 0. The molecule has 0 saturated carbocycles. The zero-order chi connectivity index (χ0) is 23.3. The molecule has 0 atom stereocenters. The molecular formula is C23H35N3O5S. The molecule has 3 rings (SSSR count). The minimum absolute atomic E-state index is 0.0568. The molecule has 9 heteroatoms. The van der Waals surface area contributed by atoms with Crippen molar-refractivity contribution >= 4 is 21.8 Å². The highest BCUT2D eigenvalue weighted by Gasteiger charge is 2.32. The van der Waals surface area contributed by atoms with E-state index in [4.69, 9.17) is 4.74 Å². The number of carbonyl (C=O) groups is 2. The summed E-state index contributed by atoms with van der Waals surface area (Å²) in [5.74, 6) is -0.0771. The third kappa shape index (κ3) is 5.15. The zero-order valence-corrected chi connectivity index (χ0v) is 20.2. The fourth-order valence-corrected chi connectivity index (χ4v) is 6.18. The third-order valence-electron chi connectivity index (χ3n) is 6.49. The van der Waals surface area contributed by atoms with Gasteiger partial charge in [0.05, 0.1) is 18.1 Å². The van der Waals surface area contributed by atoms with Gasteiger partial charge < -0.3 is 14.5 Å². The lowest BCUT2D eigenvalue weighted by atomic mass is 9.94. The Kier molecular flexibility index (Phi) is 8.30. The van der Waals surface area contributed by atoms with E-state index < -0.39 is 10.0 Å². The van der Waals surface area contributed by atoms with Crippen molar-refractivity contribution in [3.63, 3.8) is 0 Å². The van der Waals surface area contributed by atoms with Crippen LogP contribution in [0.4, 0.5) is 0 Å². The Bertz CT molecular complexity index is 916. The minimum Gasteiger partial charge on any atom is -0.379 e. The van der Waals surface area contributed by atoms with Crippen LogP contribution >= 0.6 is 0 Å². The van der Waals surface area contributed by atoms with Gasteiger partial charge in [0.15, 0.2) is 0 Å². The van der Waals surface area contributed by atoms with Crippen LogP contribution in [0.5, 0.6) is 0 Å². The Hall–Kier alpha value is -1.97. The van der Waals surface area contributed by atoms with Gasteiger partial charge in [0, 0.05) is 50.7 Å². The van der Waals surface area contributed by atoms with Crippen LogP contribution < -0.4 is 0 Å². The van der Waals surface area contributed by atoms with E-state index in [1.165, 1.54) is 10.4 Å². The van der Waals surface area contributed by atoms with Crippen molar-refractivity contribution in [3.05, 3.63) is 29.3 Å². The number of morpholine rings is 1. The van der Waals surface area contributed by atoms with Crippen LogP contribution in [0.1, 0.15) is 49.5 Å². The number of likely N-dealkylation sites (tertiary alicyclic amines) is 1. The van der Waals surface area contributed by atoms with E-state index in [1.807, 2.05) is 25.7 Å². The van der Waals surface area contributed by atoms with E-state index in [2.05, 4.69) is 0 Å². The molecule has 32 heavy (non-hydrogen) atoms. The van der Waals surface area contributed by atoms with Crippen molar-refractivity contribution < 1.29 is 22.7 Å². The summed E-state index contributed by atoms with van der Waals surface area (Å²) < 4.78 is 33.2. The Morgan fingerprint density at radius 1 is 1.03 bits per heavy atom. The van der Waals surface area contributed by atoms with Gasteiger partial charge in [-0.25, -0.2) is 8.42 Å². The van der Waals surface area contributed by atoms with E-state index >= 15 is 0 Å². The molecule has 2 aliphatic rings. The predicted molar refractivity (Wildman–Crippen MR) is 122 cm³/mol. The first-order valence-electron chi connectivity index (χ1n) is 11.6. The fraction of sp³-hybridized carbons (Fsp3) is 0.652. The maximum atomic E-state index is 13.3. The largest absolute Gasteiger partial charge is 0.379 e. The topological polar surface area (TPSA) is 87.2 Å². The average molecular weight is 466 g/mol. The van der Waals surface area contributed by atoms with Crippen LogP contribution in [-0.4, -0.2) is 86.8 Å². The molecule has 178 valence electrons. The normalized spacial score (nSPS) is 18.5. The molecule has 8 nitrogen and oxygen atoms in total. The molecule has 0 aromatic heterocycles. The molecule has 0 radical (unpaired) electrons. The van der Waals surface area contributed by atoms with Crippen LogP contribution in [0.15, 0.2) is 23.1 Å². The maximum absolute atomic E-state index is 13.3. The highest BCUT2D eigenvalue weighted by Crippen LogP contribution is 2.26. The van der Waals surface area contributed by atoms with Crippen LogP contribution in [-0.2, 0) is 26.0 Å². The maximum Gasteiger partial charge on any atom is 0.253 e. The third-order valence-corrected chi connectivity index (χ3v) is 8.47. The molecule has 0 spiro atoms. The second-order valence-corrected chi connectivity index (χ2v) is 10.2. The average Bonchev–Trinajstić information content (AvgIpc) is 2.84. The second-order valence-electron chi connectivity index (χ2n) is 8.27. The molecule has 0 unspecified atom stereocenters. The lowest BCUT2D eigenvalue weighted by Gasteiger charge is -2.34. The van der Waals surface area contributed by atoms with Gasteiger partial charge in [0.25, 0.3) is 5.91 Å². The van der Waals surface area contributed by atoms with Crippen molar-refractivity contribution in [2.24, 2.45) is 5.92 Å². The first-order valence-corrected chi connectivity index (χ1v) is 13.1. The molecule has 1 aromatic rings. The van der Waals surface area contributed by atoms with Crippen molar-refractivity contribution in [1.82, 2.24) is 14.1 Å². The summed E-state index contributed by atoms with van der Waals surface area (Å²) >= 11 is 0. The van der Waals surface area contributed by atoms with Crippen molar-refractivity contribution in [1.29, 1.82) is 0 Å². The van der Waals surface area contributed by atoms with Gasteiger partial charge in [0.2, 0.25) is 15.9 Å². The van der Waals surface area contributed by atoms with E-state index in [9.17, 15) is 18.0 Å². The van der Waals surface area contributed by atoms with Gasteiger partial charge in [-0.15, -0.1) is 0 Å². The summed E-state index contributed by atoms with van der Waals surface area (Å²) in [4.78, 5) is 29.6. The number of hydrogen-bond acceptors (Lipinski definition) is 5. The molecule has 0 bridgehead atoms. The zero-order valence-electron chi connectivity index (χ0n) is 19.4. The van der Waals surface area contributed by atoms with Crippen molar-refractivity contribution in [3.8, 4) is 0 Å². The summed E-state index contributed by atoms with van der Waals surface area (Å²) in [6.07, 6.45) is 1.83. The molecule has 2 amide bonds. The Morgan fingerprint density at radius 2 is 1.66 bits per heavy atom. The molecule has 2 fully saturated rings. The minimum atomic E-state index is -3.69. The highest BCUT2D eigenvalue weighted by molar-refractivity contribution is 7.89. The molecule has 0 aliphatic carbocycles. The van der Waals surface area contributed by atoms with Crippen LogP contribution in [0, 0.1) is 5.92 Å². The van der Waals surface area contributed by atoms with Crippen LogP contribution in [0.2, 0.25) is 0 Å². The number of benzene rings is 1. The highest BCUT2D eigenvalue weighted by atomic mass is 32.2. The van der Waals surface area contributed by atoms with Gasteiger partial charge in [-0.3, -0.25) is 9.59 Å². The number of piperidine rings is 1. The van der Waals surface area contributed by atoms with Gasteiger partial charge in [-0.1, -0.05) is 13.0 Å². The molecule has 0 N–H and O–H groups in total. The lowest BCUT2D eigenvalue weighted by molar-refractivity contribution is -0.136. The number of amides is 2. The SMILES string of the molecule is CCc1ccc(C(=O)N2CCC(C(=O)N(CC)CC)CC2)cc1S(=O)(=O)N1CCOCC1. The number of hydrogen-bond donors (Lipinski definition) is 0. The predicted octanol–water partition coefficient (Wildman–Crippen LogP) is 1.99. The summed E-state index contributed by atoms with van der Waals surface area (Å²) in [6.45, 7) is 9.63. The van der Waals surface area contributed by atoms with E-state index in [0.29, 0.717) is 82.9 Å². The lowest BCUT2D eigenvalue weighted by Crippen LogP contribution is -2.44. The van der Waals surface area contributed by atoms with E-state index in [1.54, 1.807) is 17.0 Å². The fourth-order valence-electron chi connectivity index (χ4n) is 4.45. The monoisotopic (exact) mass is 465 g/mol. The van der Waals surface area contributed by atoms with Crippen LogP contribution in [0.3, 0.4) is 0 Å². The number of carbonyl (C=O) groups excluding carboxylic acids is 2. The molecule has 2 saturated heterocycles. The van der Waals surface area contributed by atoms with Crippen molar-refractivity contribution in [2.75, 3.05) is 52.5 Å². The molecular weight excluding hydrogens is 430 g/mol. The first-order chi connectivity index (χ1) is 15.3. The Balaban J connectivity index is 1.75. The molecule has 1 aromatic carbocycles. The summed E-state index contributed by atoms with van der Waals surface area (Å²) in [6, 6.07) is 4.99. The van der Waals surface area contributed by atoms with Gasteiger partial charge in [-0.2, -0.15) is 4.31 Å². The molecule has 2 heterocycles. The Morgan fingerprint density at radius 3 is 2.22 bits per heavy atom.